The van der Waals surface area contributed by atoms with E-state index < -0.39 is 5.54 Å². The summed E-state index contributed by atoms with van der Waals surface area (Å²) in [6.45, 7) is 7.03. The normalized spacial score (nSPS) is 22.4. The zero-order chi connectivity index (χ0) is 14.6. The van der Waals surface area contributed by atoms with Crippen LogP contribution in [-0.4, -0.2) is 35.6 Å². The monoisotopic (exact) mass is 283 g/mol. The van der Waals surface area contributed by atoms with E-state index in [0.717, 1.165) is 32.3 Å². The lowest BCUT2D eigenvalue weighted by Crippen LogP contribution is -2.40. The molecule has 0 aromatic carbocycles. The van der Waals surface area contributed by atoms with Crippen molar-refractivity contribution in [2.75, 3.05) is 13.2 Å². The number of rotatable bonds is 7. The minimum atomic E-state index is -0.726. The average Bonchev–Trinajstić information content (AvgIpc) is 3.05. The number of hydrogen-bond donors (Lipinski definition) is 1. The topological polar surface area (TPSA) is 83.4 Å². The lowest BCUT2D eigenvalue weighted by atomic mass is 10.1. The van der Waals surface area contributed by atoms with Crippen LogP contribution in [0.1, 0.15) is 51.7 Å². The van der Waals surface area contributed by atoms with Crippen molar-refractivity contribution in [1.82, 2.24) is 10.1 Å². The number of aryl methyl sites for hydroxylation is 1. The summed E-state index contributed by atoms with van der Waals surface area (Å²) in [5.41, 5.74) is 5.46. The molecule has 6 heteroatoms. The third-order valence-corrected chi connectivity index (χ3v) is 3.40. The highest BCUT2D eigenvalue weighted by Gasteiger charge is 2.28. The smallest absolute Gasteiger partial charge is 0.226 e. The molecular formula is C14H25N3O3. The van der Waals surface area contributed by atoms with Gasteiger partial charge in [0, 0.05) is 13.0 Å². The first-order valence-electron chi connectivity index (χ1n) is 7.32. The Hall–Kier alpha value is -0.980. The molecule has 0 radical (unpaired) electrons. The molecule has 0 amide bonds. The van der Waals surface area contributed by atoms with Crippen LogP contribution in [-0.2, 0) is 21.4 Å². The van der Waals surface area contributed by atoms with Gasteiger partial charge >= 0.3 is 0 Å². The third kappa shape index (κ3) is 4.26. The summed E-state index contributed by atoms with van der Waals surface area (Å²) in [6, 6.07) is 0. The molecule has 2 N–H and O–H groups in total. The minimum Gasteiger partial charge on any atom is -0.378 e. The highest BCUT2D eigenvalue weighted by atomic mass is 16.5. The molecule has 0 bridgehead atoms. The SMILES string of the molecule is CC(C)OCC(C)(N)c1noc(CCC2CCCO2)n1. The van der Waals surface area contributed by atoms with Crippen LogP contribution in [0, 0.1) is 0 Å². The van der Waals surface area contributed by atoms with Crippen LogP contribution >= 0.6 is 0 Å². The molecule has 2 rings (SSSR count). The average molecular weight is 283 g/mol. The van der Waals surface area contributed by atoms with Gasteiger partial charge in [-0.1, -0.05) is 5.16 Å². The second-order valence-corrected chi connectivity index (χ2v) is 5.96. The number of nitrogens with two attached hydrogens (primary N) is 1. The van der Waals surface area contributed by atoms with Gasteiger partial charge in [-0.15, -0.1) is 0 Å². The molecule has 1 aromatic heterocycles. The van der Waals surface area contributed by atoms with E-state index in [4.69, 9.17) is 19.7 Å². The second-order valence-electron chi connectivity index (χ2n) is 5.96. The zero-order valence-corrected chi connectivity index (χ0v) is 12.6. The summed E-state index contributed by atoms with van der Waals surface area (Å²) in [7, 11) is 0. The van der Waals surface area contributed by atoms with Gasteiger partial charge in [-0.05, 0) is 40.0 Å². The number of aromatic nitrogens is 2. The molecule has 0 saturated carbocycles. The van der Waals surface area contributed by atoms with Crippen molar-refractivity contribution in [3.63, 3.8) is 0 Å². The van der Waals surface area contributed by atoms with Crippen LogP contribution in [0.25, 0.3) is 0 Å². The molecule has 20 heavy (non-hydrogen) atoms. The van der Waals surface area contributed by atoms with Crippen molar-refractivity contribution in [3.05, 3.63) is 11.7 Å². The summed E-state index contributed by atoms with van der Waals surface area (Å²) < 4.78 is 16.4. The molecule has 1 saturated heterocycles. The Bertz CT molecular complexity index is 412. The van der Waals surface area contributed by atoms with Crippen molar-refractivity contribution >= 4 is 0 Å². The number of nitrogens with zero attached hydrogens (tertiary/aromatic N) is 2. The van der Waals surface area contributed by atoms with Gasteiger partial charge in [0.25, 0.3) is 0 Å². The predicted octanol–water partition coefficient (Wildman–Crippen LogP) is 1.78. The second kappa shape index (κ2) is 6.65. The first-order valence-corrected chi connectivity index (χ1v) is 7.32. The van der Waals surface area contributed by atoms with E-state index in [1.165, 1.54) is 0 Å². The van der Waals surface area contributed by atoms with Crippen molar-refractivity contribution in [3.8, 4) is 0 Å². The largest absolute Gasteiger partial charge is 0.378 e. The third-order valence-electron chi connectivity index (χ3n) is 3.40. The summed E-state index contributed by atoms with van der Waals surface area (Å²) >= 11 is 0. The highest BCUT2D eigenvalue weighted by Crippen LogP contribution is 2.19. The van der Waals surface area contributed by atoms with Gasteiger partial charge in [-0.3, -0.25) is 0 Å². The van der Waals surface area contributed by atoms with Gasteiger partial charge in [0.05, 0.1) is 18.8 Å². The van der Waals surface area contributed by atoms with Gasteiger partial charge in [-0.25, -0.2) is 0 Å². The van der Waals surface area contributed by atoms with E-state index in [1.54, 1.807) is 0 Å². The van der Waals surface area contributed by atoms with Crippen LogP contribution in [0.4, 0.5) is 0 Å². The molecule has 2 unspecified atom stereocenters. The Labute approximate surface area is 120 Å². The zero-order valence-electron chi connectivity index (χ0n) is 12.6. The molecule has 0 aliphatic carbocycles. The molecule has 6 nitrogen and oxygen atoms in total. The summed E-state index contributed by atoms with van der Waals surface area (Å²) in [5, 5.41) is 3.98. The van der Waals surface area contributed by atoms with Gasteiger partial charge < -0.3 is 19.7 Å². The fraction of sp³-hybridized carbons (Fsp3) is 0.857. The molecule has 1 aromatic rings. The Balaban J connectivity index is 1.86. The van der Waals surface area contributed by atoms with Gasteiger partial charge in [0.1, 0.15) is 5.54 Å². The van der Waals surface area contributed by atoms with Crippen LogP contribution < -0.4 is 5.73 Å². The van der Waals surface area contributed by atoms with Crippen LogP contribution in [0.3, 0.4) is 0 Å². The maximum Gasteiger partial charge on any atom is 0.226 e. The van der Waals surface area contributed by atoms with E-state index in [-0.39, 0.29) is 6.10 Å². The van der Waals surface area contributed by atoms with E-state index in [0.29, 0.717) is 24.4 Å². The first kappa shape index (κ1) is 15.4. The fourth-order valence-electron chi connectivity index (χ4n) is 2.15. The summed E-state index contributed by atoms with van der Waals surface area (Å²) in [4.78, 5) is 4.38. The molecular weight excluding hydrogens is 258 g/mol. The number of hydrogen-bond acceptors (Lipinski definition) is 6. The quantitative estimate of drug-likeness (QED) is 0.821. The molecule has 0 spiro atoms. The van der Waals surface area contributed by atoms with Crippen LogP contribution in [0.15, 0.2) is 4.52 Å². The maximum absolute atomic E-state index is 6.18. The number of ether oxygens (including phenoxy) is 2. The Morgan fingerprint density at radius 3 is 2.95 bits per heavy atom. The molecule has 2 heterocycles. The van der Waals surface area contributed by atoms with Crippen LogP contribution in [0.2, 0.25) is 0 Å². The van der Waals surface area contributed by atoms with Crippen molar-refractivity contribution < 1.29 is 14.0 Å². The highest BCUT2D eigenvalue weighted by molar-refractivity contribution is 5.02. The van der Waals surface area contributed by atoms with Crippen molar-refractivity contribution in [2.45, 2.75) is 64.2 Å². The van der Waals surface area contributed by atoms with Gasteiger partial charge in [0.15, 0.2) is 5.82 Å². The lowest BCUT2D eigenvalue weighted by Gasteiger charge is -2.21. The first-order chi connectivity index (χ1) is 9.47. The maximum atomic E-state index is 6.18. The molecule has 114 valence electrons. The van der Waals surface area contributed by atoms with Crippen LogP contribution in [0.5, 0.6) is 0 Å². The van der Waals surface area contributed by atoms with Crippen molar-refractivity contribution in [1.29, 1.82) is 0 Å². The molecule has 2 atom stereocenters. The molecule has 1 fully saturated rings. The lowest BCUT2D eigenvalue weighted by molar-refractivity contribution is 0.0410. The summed E-state index contributed by atoms with van der Waals surface area (Å²) in [5.74, 6) is 1.12. The Morgan fingerprint density at radius 2 is 2.30 bits per heavy atom. The molecule has 1 aliphatic rings. The molecule has 1 aliphatic heterocycles. The van der Waals surface area contributed by atoms with E-state index in [2.05, 4.69) is 10.1 Å². The standard InChI is InChI=1S/C14H25N3O3/c1-10(2)19-9-14(3,15)13-16-12(20-17-13)7-6-11-5-4-8-18-11/h10-11H,4-9,15H2,1-3H3. The summed E-state index contributed by atoms with van der Waals surface area (Å²) in [6.07, 6.45) is 4.39. The fourth-order valence-corrected chi connectivity index (χ4v) is 2.15. The van der Waals surface area contributed by atoms with E-state index in [9.17, 15) is 0 Å². The van der Waals surface area contributed by atoms with Gasteiger partial charge in [-0.2, -0.15) is 4.98 Å². The van der Waals surface area contributed by atoms with Gasteiger partial charge in [0.2, 0.25) is 5.89 Å². The predicted molar refractivity (Wildman–Crippen MR) is 74.2 cm³/mol. The van der Waals surface area contributed by atoms with E-state index >= 15 is 0 Å². The Kier molecular flexibility index (Phi) is 5.12. The Morgan fingerprint density at radius 1 is 1.50 bits per heavy atom. The van der Waals surface area contributed by atoms with E-state index in [1.807, 2.05) is 20.8 Å². The van der Waals surface area contributed by atoms with Crippen molar-refractivity contribution in [2.24, 2.45) is 5.73 Å². The minimum absolute atomic E-state index is 0.128.